The number of likely N-dealkylation sites (N-methyl/N-ethyl adjacent to an activating group) is 1. The maximum atomic E-state index is 12.8. The maximum absolute atomic E-state index is 12.8. The number of carbonyl (C=O) groups is 3. The third kappa shape index (κ3) is 48.8. The van der Waals surface area contributed by atoms with Crippen molar-refractivity contribution in [3.05, 3.63) is 24.3 Å². The summed E-state index contributed by atoms with van der Waals surface area (Å²) < 4.78 is 17.4. The van der Waals surface area contributed by atoms with E-state index in [4.69, 9.17) is 14.2 Å². The third-order valence-corrected chi connectivity index (χ3v) is 13.6. The fraction of sp³-hybridized carbons (Fsp3) is 0.883. The lowest BCUT2D eigenvalue weighted by molar-refractivity contribution is -0.887. The molecule has 1 N–H and O–H groups in total. The summed E-state index contributed by atoms with van der Waals surface area (Å²) in [6.45, 7) is 4.79. The van der Waals surface area contributed by atoms with Gasteiger partial charge in [0.2, 0.25) is 0 Å². The zero-order chi connectivity index (χ0) is 49.9. The van der Waals surface area contributed by atoms with Crippen LogP contribution in [0.3, 0.4) is 0 Å². The average Bonchev–Trinajstić information content (AvgIpc) is 3.30. The highest BCUT2D eigenvalue weighted by molar-refractivity contribution is 5.72. The smallest absolute Gasteiger partial charge is 0.362 e. The Bertz CT molecular complexity index is 1160. The summed E-state index contributed by atoms with van der Waals surface area (Å²) in [5, 5.41) is 9.68. The number of hydrogen-bond acceptors (Lipinski definition) is 6. The number of carboxylic acids is 1. The van der Waals surface area contributed by atoms with Gasteiger partial charge in [0, 0.05) is 19.3 Å². The van der Waals surface area contributed by atoms with Crippen LogP contribution in [-0.2, 0) is 28.6 Å². The first-order valence-electron chi connectivity index (χ1n) is 29.4. The van der Waals surface area contributed by atoms with Crippen LogP contribution in [-0.4, -0.2) is 80.6 Å². The van der Waals surface area contributed by atoms with Gasteiger partial charge in [0.1, 0.15) is 6.61 Å². The Kier molecular flexibility index (Phi) is 49.5. The Labute approximate surface area is 421 Å². The Hall–Kier alpha value is -2.19. The summed E-state index contributed by atoms with van der Waals surface area (Å²) in [5.41, 5.74) is 0. The Morgan fingerprint density at radius 2 is 0.735 bits per heavy atom. The van der Waals surface area contributed by atoms with Crippen molar-refractivity contribution < 1.29 is 38.2 Å². The molecule has 2 atom stereocenters. The van der Waals surface area contributed by atoms with Crippen LogP contribution >= 0.6 is 0 Å². The monoisotopic (exact) mass is 961 g/mol. The van der Waals surface area contributed by atoms with Crippen LogP contribution in [0.1, 0.15) is 290 Å². The van der Waals surface area contributed by atoms with Gasteiger partial charge in [0.15, 0.2) is 12.1 Å². The lowest BCUT2D eigenvalue weighted by atomic mass is 10.0. The third-order valence-electron chi connectivity index (χ3n) is 13.6. The molecular weight excluding hydrogens is 847 g/mol. The number of ether oxygens (including phenoxy) is 3. The van der Waals surface area contributed by atoms with E-state index in [1.165, 1.54) is 218 Å². The van der Waals surface area contributed by atoms with E-state index in [1.54, 1.807) is 0 Å². The maximum Gasteiger partial charge on any atom is 0.362 e. The topological polar surface area (TPSA) is 99.1 Å². The second-order valence-corrected chi connectivity index (χ2v) is 21.2. The molecule has 0 aliphatic carbocycles. The first kappa shape index (κ1) is 65.8. The molecule has 68 heavy (non-hydrogen) atoms. The number of nitrogens with zero attached hydrogens (tertiary/aromatic N) is 1. The summed E-state index contributed by atoms with van der Waals surface area (Å²) >= 11 is 0. The van der Waals surface area contributed by atoms with Crippen LogP contribution in [0.25, 0.3) is 0 Å². The van der Waals surface area contributed by atoms with Gasteiger partial charge in [-0.15, -0.1) is 0 Å². The van der Waals surface area contributed by atoms with Crippen molar-refractivity contribution in [3.8, 4) is 0 Å². The largest absolute Gasteiger partial charge is 0.477 e. The number of rotatable bonds is 54. The van der Waals surface area contributed by atoms with Crippen LogP contribution in [0.5, 0.6) is 0 Å². The van der Waals surface area contributed by atoms with Gasteiger partial charge >= 0.3 is 17.9 Å². The van der Waals surface area contributed by atoms with Crippen molar-refractivity contribution in [3.63, 3.8) is 0 Å². The van der Waals surface area contributed by atoms with Crippen LogP contribution in [0, 0.1) is 0 Å². The molecule has 0 bridgehead atoms. The van der Waals surface area contributed by atoms with Gasteiger partial charge in [-0.05, 0) is 64.2 Å². The van der Waals surface area contributed by atoms with Crippen molar-refractivity contribution in [2.75, 3.05) is 41.0 Å². The van der Waals surface area contributed by atoms with Crippen molar-refractivity contribution in [1.82, 2.24) is 0 Å². The molecule has 0 aliphatic rings. The minimum Gasteiger partial charge on any atom is -0.477 e. The van der Waals surface area contributed by atoms with Crippen LogP contribution < -0.4 is 0 Å². The molecule has 400 valence electrons. The molecule has 0 aromatic rings. The molecule has 0 saturated heterocycles. The lowest BCUT2D eigenvalue weighted by Crippen LogP contribution is -2.50. The Balaban J connectivity index is 4.15. The SMILES string of the molecule is CCCCCCCCCCCC/C=C/CCCCCCCCCC(=O)OCC(COCCC(C(=O)O)[N+](C)(C)C)OC(=O)CCCCCCCCC/C=C/CCCCCCCCCCCCCC. The first-order chi connectivity index (χ1) is 33.1. The summed E-state index contributed by atoms with van der Waals surface area (Å²) in [7, 11) is 5.55. The van der Waals surface area contributed by atoms with Gasteiger partial charge in [-0.2, -0.15) is 0 Å². The van der Waals surface area contributed by atoms with E-state index >= 15 is 0 Å². The number of unbranched alkanes of at least 4 members (excludes halogenated alkanes) is 36. The number of esters is 2. The summed E-state index contributed by atoms with van der Waals surface area (Å²) in [5.74, 6) is -1.46. The zero-order valence-corrected chi connectivity index (χ0v) is 45.8. The number of allylic oxidation sites excluding steroid dienone is 4. The van der Waals surface area contributed by atoms with Gasteiger partial charge in [-0.3, -0.25) is 9.59 Å². The Morgan fingerprint density at radius 3 is 1.06 bits per heavy atom. The molecule has 2 unspecified atom stereocenters. The molecule has 0 rings (SSSR count). The predicted molar refractivity (Wildman–Crippen MR) is 289 cm³/mol. The molecular formula is C60H114NO7+. The summed E-state index contributed by atoms with van der Waals surface area (Å²) in [6.07, 6.45) is 61.0. The molecule has 0 aromatic heterocycles. The molecule has 0 heterocycles. The van der Waals surface area contributed by atoms with Gasteiger partial charge < -0.3 is 23.8 Å². The highest BCUT2D eigenvalue weighted by atomic mass is 16.6. The molecule has 0 amide bonds. The number of aliphatic carboxylic acids is 1. The molecule has 0 radical (unpaired) electrons. The van der Waals surface area contributed by atoms with E-state index in [0.29, 0.717) is 19.3 Å². The average molecular weight is 962 g/mol. The second kappa shape index (κ2) is 51.2. The molecule has 0 saturated carbocycles. The molecule has 8 heteroatoms. The highest BCUT2D eigenvalue weighted by Gasteiger charge is 2.31. The van der Waals surface area contributed by atoms with E-state index in [1.807, 2.05) is 21.1 Å². The predicted octanol–water partition coefficient (Wildman–Crippen LogP) is 17.5. The summed E-state index contributed by atoms with van der Waals surface area (Å²) in [6, 6.07) is -0.615. The molecule has 0 aliphatic heterocycles. The van der Waals surface area contributed by atoms with E-state index in [9.17, 15) is 19.5 Å². The fourth-order valence-electron chi connectivity index (χ4n) is 9.03. The number of quaternary nitrogens is 1. The van der Waals surface area contributed by atoms with Crippen molar-refractivity contribution >= 4 is 17.9 Å². The molecule has 8 nitrogen and oxygen atoms in total. The van der Waals surface area contributed by atoms with Crippen molar-refractivity contribution in [1.29, 1.82) is 0 Å². The van der Waals surface area contributed by atoms with Gasteiger partial charge in [0.25, 0.3) is 0 Å². The van der Waals surface area contributed by atoms with Crippen LogP contribution in [0.4, 0.5) is 0 Å². The van der Waals surface area contributed by atoms with Gasteiger partial charge in [0.05, 0.1) is 34.4 Å². The minimum atomic E-state index is -0.872. The molecule has 0 fully saturated rings. The van der Waals surface area contributed by atoms with Crippen molar-refractivity contribution in [2.45, 2.75) is 302 Å². The highest BCUT2D eigenvalue weighted by Crippen LogP contribution is 2.17. The number of carboxylic acid groups (broad SMARTS) is 1. The number of hydrogen-bond donors (Lipinski definition) is 1. The fourth-order valence-corrected chi connectivity index (χ4v) is 9.03. The number of carbonyl (C=O) groups excluding carboxylic acids is 2. The molecule has 0 spiro atoms. The van der Waals surface area contributed by atoms with Crippen LogP contribution in [0.2, 0.25) is 0 Å². The zero-order valence-electron chi connectivity index (χ0n) is 45.8. The van der Waals surface area contributed by atoms with E-state index < -0.39 is 18.1 Å². The first-order valence-corrected chi connectivity index (χ1v) is 29.4. The quantitative estimate of drug-likeness (QED) is 0.0281. The standard InChI is InChI=1S/C60H113NO7/c1-6-8-10-12-14-16-18-20-22-24-26-28-29-31-33-35-37-39-41-43-45-47-49-51-59(63)68-56(54-66-53-52-57(60(64)65)61(3,4)5)55-67-58(62)50-48-46-44-42-40-38-36-34-32-30-27-25-23-21-19-17-15-13-11-9-7-2/h30-33,56-57H,6-29,34-55H2,1-5H3/p+1/b32-30+,33-31+. The van der Waals surface area contributed by atoms with Crippen LogP contribution in [0.15, 0.2) is 24.3 Å². The Morgan fingerprint density at radius 1 is 0.426 bits per heavy atom. The summed E-state index contributed by atoms with van der Waals surface area (Å²) in [4.78, 5) is 37.3. The van der Waals surface area contributed by atoms with E-state index in [2.05, 4.69) is 38.2 Å². The van der Waals surface area contributed by atoms with E-state index in [0.717, 1.165) is 38.5 Å². The molecule has 0 aromatic carbocycles. The minimum absolute atomic E-state index is 0.0510. The van der Waals surface area contributed by atoms with E-state index in [-0.39, 0.29) is 36.2 Å². The second-order valence-electron chi connectivity index (χ2n) is 21.2. The van der Waals surface area contributed by atoms with Crippen molar-refractivity contribution in [2.24, 2.45) is 0 Å². The van der Waals surface area contributed by atoms with Gasteiger partial charge in [-0.25, -0.2) is 4.79 Å². The van der Waals surface area contributed by atoms with Gasteiger partial charge in [-0.1, -0.05) is 231 Å². The lowest BCUT2D eigenvalue weighted by Gasteiger charge is -2.31. The normalized spacial score (nSPS) is 12.9.